The summed E-state index contributed by atoms with van der Waals surface area (Å²) in [5, 5.41) is 0. The third-order valence-electron chi connectivity index (χ3n) is 2.64. The van der Waals surface area contributed by atoms with Gasteiger partial charge in [-0.25, -0.2) is 0 Å². The van der Waals surface area contributed by atoms with Gasteiger partial charge in [0.25, 0.3) is 0 Å². The minimum Gasteiger partial charge on any atom is -0.468 e. The zero-order valence-corrected chi connectivity index (χ0v) is 13.1. The molecule has 0 rings (SSSR count). The minimum absolute atomic E-state index is 0.0664. The Bertz CT molecular complexity index is 416. The van der Waals surface area contributed by atoms with Crippen molar-refractivity contribution in [3.63, 3.8) is 0 Å². The molecular weight excluding hydrogens is 256 g/mol. The van der Waals surface area contributed by atoms with E-state index in [0.29, 0.717) is 0 Å². The summed E-state index contributed by atoms with van der Waals surface area (Å²) in [6.45, 7) is 7.72. The second-order valence-electron chi connectivity index (χ2n) is 5.79. The number of allylic oxidation sites excluding steroid dienone is 3. The molecule has 0 aromatic rings. The highest BCUT2D eigenvalue weighted by molar-refractivity contribution is 5.99. The molecule has 0 fully saturated rings. The fourth-order valence-corrected chi connectivity index (χ4v) is 1.43. The van der Waals surface area contributed by atoms with Gasteiger partial charge in [0.05, 0.1) is 14.2 Å². The SMILES string of the molecule is COC(=O)C(C)(C/C=C/C=C=CC(C)(C)C)C(=O)OC. The fraction of sp³-hybridized carbons (Fsp3) is 0.562. The zero-order chi connectivity index (χ0) is 15.8. The predicted octanol–water partition coefficient (Wildman–Crippen LogP) is 3.04. The van der Waals surface area contributed by atoms with Crippen LogP contribution >= 0.6 is 0 Å². The van der Waals surface area contributed by atoms with E-state index in [4.69, 9.17) is 0 Å². The number of ether oxygens (including phenoxy) is 2. The molecule has 0 aromatic heterocycles. The molecule has 0 radical (unpaired) electrons. The van der Waals surface area contributed by atoms with Crippen LogP contribution in [-0.4, -0.2) is 26.2 Å². The van der Waals surface area contributed by atoms with Crippen molar-refractivity contribution in [2.75, 3.05) is 14.2 Å². The van der Waals surface area contributed by atoms with Crippen LogP contribution in [0, 0.1) is 10.8 Å². The third-order valence-corrected chi connectivity index (χ3v) is 2.64. The smallest absolute Gasteiger partial charge is 0.323 e. The van der Waals surface area contributed by atoms with Crippen molar-refractivity contribution in [3.05, 3.63) is 30.0 Å². The molecule has 0 bridgehead atoms. The second kappa shape index (κ2) is 7.71. The number of methoxy groups -OCH3 is 2. The molecule has 4 heteroatoms. The summed E-state index contributed by atoms with van der Waals surface area (Å²) in [7, 11) is 2.50. The Balaban J connectivity index is 4.85. The summed E-state index contributed by atoms with van der Waals surface area (Å²) < 4.78 is 9.31. The molecule has 4 nitrogen and oxygen atoms in total. The van der Waals surface area contributed by atoms with Gasteiger partial charge in [-0.05, 0) is 30.9 Å². The zero-order valence-electron chi connectivity index (χ0n) is 13.1. The average molecular weight is 280 g/mol. The van der Waals surface area contributed by atoms with Crippen molar-refractivity contribution in [2.24, 2.45) is 10.8 Å². The molecule has 0 atom stereocenters. The maximum atomic E-state index is 11.7. The van der Waals surface area contributed by atoms with Gasteiger partial charge in [0, 0.05) is 0 Å². The molecule has 20 heavy (non-hydrogen) atoms. The number of esters is 2. The Morgan fingerprint density at radius 3 is 1.95 bits per heavy atom. The second-order valence-corrected chi connectivity index (χ2v) is 5.79. The van der Waals surface area contributed by atoms with Crippen LogP contribution in [0.5, 0.6) is 0 Å². The predicted molar refractivity (Wildman–Crippen MR) is 78.0 cm³/mol. The van der Waals surface area contributed by atoms with Gasteiger partial charge < -0.3 is 9.47 Å². The van der Waals surface area contributed by atoms with E-state index < -0.39 is 17.4 Å². The quantitative estimate of drug-likeness (QED) is 0.336. The largest absolute Gasteiger partial charge is 0.468 e. The van der Waals surface area contributed by atoms with Crippen molar-refractivity contribution in [1.29, 1.82) is 0 Å². The molecule has 0 unspecified atom stereocenters. The molecule has 0 aliphatic heterocycles. The first-order valence-electron chi connectivity index (χ1n) is 6.43. The van der Waals surface area contributed by atoms with Crippen molar-refractivity contribution in [3.8, 4) is 0 Å². The van der Waals surface area contributed by atoms with E-state index in [2.05, 4.69) is 36.0 Å². The Labute approximate surface area is 121 Å². The summed E-state index contributed by atoms with van der Waals surface area (Å²) in [5.41, 5.74) is 1.78. The summed E-state index contributed by atoms with van der Waals surface area (Å²) >= 11 is 0. The molecule has 0 N–H and O–H groups in total. The highest BCUT2D eigenvalue weighted by atomic mass is 16.5. The Hall–Kier alpha value is -1.80. The molecule has 0 aromatic carbocycles. The van der Waals surface area contributed by atoms with E-state index in [1.165, 1.54) is 21.1 Å². The van der Waals surface area contributed by atoms with Gasteiger partial charge in [-0.1, -0.05) is 32.9 Å². The van der Waals surface area contributed by atoms with E-state index in [0.717, 1.165) is 0 Å². The van der Waals surface area contributed by atoms with E-state index in [-0.39, 0.29) is 11.8 Å². The van der Waals surface area contributed by atoms with Crippen molar-refractivity contribution >= 4 is 11.9 Å². The lowest BCUT2D eigenvalue weighted by atomic mass is 9.86. The van der Waals surface area contributed by atoms with Crippen LogP contribution in [0.3, 0.4) is 0 Å². The number of carbonyl (C=O) groups is 2. The first-order valence-corrected chi connectivity index (χ1v) is 6.43. The van der Waals surface area contributed by atoms with Gasteiger partial charge in [0.2, 0.25) is 0 Å². The standard InChI is InChI=1S/C16H24O4/c1-15(2,3)11-9-7-8-10-12-16(4,13(17)19-5)14(18)20-6/h7-8,10-11H,12H2,1-6H3/b10-8+. The normalized spacial score (nSPS) is 11.7. The van der Waals surface area contributed by atoms with Crippen molar-refractivity contribution < 1.29 is 19.1 Å². The Morgan fingerprint density at radius 2 is 1.55 bits per heavy atom. The van der Waals surface area contributed by atoms with Gasteiger partial charge in [-0.3, -0.25) is 9.59 Å². The number of carbonyl (C=O) groups excluding carboxylic acids is 2. The van der Waals surface area contributed by atoms with Crippen LogP contribution < -0.4 is 0 Å². The molecule has 0 amide bonds. The molecule has 0 aliphatic rings. The first kappa shape index (κ1) is 18.2. The maximum Gasteiger partial charge on any atom is 0.323 e. The molecule has 0 heterocycles. The minimum atomic E-state index is -1.32. The number of hydrogen-bond donors (Lipinski definition) is 0. The van der Waals surface area contributed by atoms with E-state index in [1.54, 1.807) is 18.2 Å². The Kier molecular flexibility index (Phi) is 7.01. The molecular formula is C16H24O4. The molecule has 112 valence electrons. The van der Waals surface area contributed by atoms with Crippen LogP contribution in [0.1, 0.15) is 34.1 Å². The van der Waals surface area contributed by atoms with Crippen LogP contribution in [0.2, 0.25) is 0 Å². The van der Waals surface area contributed by atoms with E-state index in [9.17, 15) is 9.59 Å². The monoisotopic (exact) mass is 280 g/mol. The molecule has 0 spiro atoms. The summed E-state index contributed by atoms with van der Waals surface area (Å²) in [6.07, 6.45) is 7.35. The lowest BCUT2D eigenvalue weighted by Gasteiger charge is -2.21. The Morgan fingerprint density at radius 1 is 1.05 bits per heavy atom. The van der Waals surface area contributed by atoms with Gasteiger partial charge in [-0.15, -0.1) is 5.73 Å². The number of rotatable bonds is 5. The van der Waals surface area contributed by atoms with Gasteiger partial charge in [0.1, 0.15) is 0 Å². The van der Waals surface area contributed by atoms with Crippen LogP contribution in [0.25, 0.3) is 0 Å². The lowest BCUT2D eigenvalue weighted by Crippen LogP contribution is -2.38. The average Bonchev–Trinajstić information content (AvgIpc) is 2.39. The van der Waals surface area contributed by atoms with E-state index >= 15 is 0 Å². The summed E-state index contributed by atoms with van der Waals surface area (Å²) in [5.74, 6) is -1.22. The molecule has 0 saturated heterocycles. The highest BCUT2D eigenvalue weighted by Crippen LogP contribution is 2.25. The van der Waals surface area contributed by atoms with Gasteiger partial charge in [0.15, 0.2) is 5.41 Å². The molecule has 0 aliphatic carbocycles. The van der Waals surface area contributed by atoms with E-state index in [1.807, 2.05) is 6.08 Å². The fourth-order valence-electron chi connectivity index (χ4n) is 1.43. The lowest BCUT2D eigenvalue weighted by molar-refractivity contribution is -0.167. The topological polar surface area (TPSA) is 52.6 Å². The third kappa shape index (κ3) is 5.89. The maximum absolute atomic E-state index is 11.7. The number of hydrogen-bond acceptors (Lipinski definition) is 4. The van der Waals surface area contributed by atoms with Crippen LogP contribution in [0.15, 0.2) is 30.0 Å². The first-order chi connectivity index (χ1) is 9.17. The van der Waals surface area contributed by atoms with Gasteiger partial charge in [-0.2, -0.15) is 0 Å². The van der Waals surface area contributed by atoms with Crippen molar-refractivity contribution in [2.45, 2.75) is 34.1 Å². The highest BCUT2D eigenvalue weighted by Gasteiger charge is 2.42. The summed E-state index contributed by atoms with van der Waals surface area (Å²) in [6, 6.07) is 0. The van der Waals surface area contributed by atoms with Crippen LogP contribution in [0.4, 0.5) is 0 Å². The molecule has 0 saturated carbocycles. The van der Waals surface area contributed by atoms with Crippen molar-refractivity contribution in [1.82, 2.24) is 0 Å². The summed E-state index contributed by atoms with van der Waals surface area (Å²) in [4.78, 5) is 23.4. The van der Waals surface area contributed by atoms with Gasteiger partial charge >= 0.3 is 11.9 Å². The van der Waals surface area contributed by atoms with Crippen LogP contribution in [-0.2, 0) is 19.1 Å².